The van der Waals surface area contributed by atoms with E-state index in [1.807, 2.05) is 0 Å². The molecule has 10 nitrogen and oxygen atoms in total. The van der Waals surface area contributed by atoms with Crippen LogP contribution in [-0.2, 0) is 19.2 Å². The molecule has 0 aliphatic carbocycles. The normalized spacial score (nSPS) is 13.1. The average Bonchev–Trinajstić information content (AvgIpc) is 2.41. The van der Waals surface area contributed by atoms with Gasteiger partial charge in [0.15, 0.2) is 0 Å². The third-order valence-electron chi connectivity index (χ3n) is 2.84. The molecule has 0 aromatic carbocycles. The molecule has 0 spiro atoms. The van der Waals surface area contributed by atoms with E-state index in [0.717, 1.165) is 12.3 Å². The first-order valence-corrected chi connectivity index (χ1v) is 5.94. The van der Waals surface area contributed by atoms with E-state index >= 15 is 0 Å². The molecule has 2 unspecified atom stereocenters. The van der Waals surface area contributed by atoms with Gasteiger partial charge in [-0.2, -0.15) is 10.2 Å². The van der Waals surface area contributed by atoms with Crippen LogP contribution in [0.15, 0.2) is 12.3 Å². The Balaban J connectivity index is 3.36. The van der Waals surface area contributed by atoms with Crippen molar-refractivity contribution in [3.8, 4) is 0 Å². The lowest BCUT2D eigenvalue weighted by atomic mass is 9.88. The van der Waals surface area contributed by atoms with Crippen LogP contribution in [-0.4, -0.2) is 54.5 Å². The Kier molecular flexibility index (Phi) is 5.50. The zero-order valence-electron chi connectivity index (χ0n) is 11.0. The van der Waals surface area contributed by atoms with Crippen LogP contribution in [0.25, 0.3) is 0 Å². The highest BCUT2D eigenvalue weighted by Gasteiger charge is 2.33. The Morgan fingerprint density at radius 1 is 0.909 bits per heavy atom. The molecule has 0 saturated carbocycles. The molecule has 1 aromatic heterocycles. The number of carboxylic acid groups (broad SMARTS) is 4. The fourth-order valence-electron chi connectivity index (χ4n) is 1.90. The first kappa shape index (κ1) is 17.0. The highest BCUT2D eigenvalue weighted by Crippen LogP contribution is 2.29. The van der Waals surface area contributed by atoms with E-state index in [0.29, 0.717) is 0 Å². The Morgan fingerprint density at radius 2 is 1.41 bits per heavy atom. The lowest BCUT2D eigenvalue weighted by Crippen LogP contribution is -2.23. The van der Waals surface area contributed by atoms with Gasteiger partial charge in [0.1, 0.15) is 5.92 Å². The summed E-state index contributed by atoms with van der Waals surface area (Å²) in [6.07, 6.45) is -0.551. The van der Waals surface area contributed by atoms with Crippen LogP contribution in [0.4, 0.5) is 0 Å². The molecule has 1 rings (SSSR count). The first-order valence-electron chi connectivity index (χ1n) is 5.94. The van der Waals surface area contributed by atoms with Gasteiger partial charge < -0.3 is 20.4 Å². The summed E-state index contributed by atoms with van der Waals surface area (Å²) in [5.74, 6) is -9.02. The molecule has 2 atom stereocenters. The SMILES string of the molecule is O=C(O)CC(C(=O)O)c1ccnnc1C(CC(=O)O)C(=O)O. The highest BCUT2D eigenvalue weighted by atomic mass is 16.4. The predicted molar refractivity (Wildman–Crippen MR) is 67.3 cm³/mol. The van der Waals surface area contributed by atoms with Gasteiger partial charge in [0.25, 0.3) is 0 Å². The number of aliphatic carboxylic acids is 4. The van der Waals surface area contributed by atoms with Crippen molar-refractivity contribution in [1.82, 2.24) is 10.2 Å². The number of carbonyl (C=O) groups is 4. The molecule has 10 heteroatoms. The third kappa shape index (κ3) is 4.23. The summed E-state index contributed by atoms with van der Waals surface area (Å²) < 4.78 is 0. The van der Waals surface area contributed by atoms with Crippen molar-refractivity contribution < 1.29 is 39.6 Å². The summed E-state index contributed by atoms with van der Waals surface area (Å²) in [7, 11) is 0. The maximum absolute atomic E-state index is 11.2. The van der Waals surface area contributed by atoms with Gasteiger partial charge >= 0.3 is 23.9 Å². The second kappa shape index (κ2) is 7.11. The lowest BCUT2D eigenvalue weighted by molar-refractivity contribution is -0.146. The minimum absolute atomic E-state index is 0.182. The molecular weight excluding hydrogens is 300 g/mol. The van der Waals surface area contributed by atoms with Crippen molar-refractivity contribution in [3.05, 3.63) is 23.5 Å². The van der Waals surface area contributed by atoms with Gasteiger partial charge in [-0.1, -0.05) is 0 Å². The van der Waals surface area contributed by atoms with Gasteiger partial charge in [0.05, 0.1) is 24.5 Å². The van der Waals surface area contributed by atoms with E-state index in [1.54, 1.807) is 0 Å². The van der Waals surface area contributed by atoms with Crippen LogP contribution in [0.2, 0.25) is 0 Å². The van der Waals surface area contributed by atoms with E-state index in [-0.39, 0.29) is 11.3 Å². The number of nitrogens with zero attached hydrogens (tertiary/aromatic N) is 2. The van der Waals surface area contributed by atoms with Crippen molar-refractivity contribution in [1.29, 1.82) is 0 Å². The molecule has 1 aromatic rings. The zero-order valence-corrected chi connectivity index (χ0v) is 11.0. The fourth-order valence-corrected chi connectivity index (χ4v) is 1.90. The maximum atomic E-state index is 11.2. The fraction of sp³-hybridized carbons (Fsp3) is 0.333. The third-order valence-corrected chi connectivity index (χ3v) is 2.84. The van der Waals surface area contributed by atoms with Crippen molar-refractivity contribution in [2.75, 3.05) is 0 Å². The summed E-state index contributed by atoms with van der Waals surface area (Å²) in [5.41, 5.74) is -0.551. The number of hydrogen-bond acceptors (Lipinski definition) is 6. The molecule has 0 aliphatic rings. The Bertz CT molecular complexity index is 562. The van der Waals surface area contributed by atoms with Gasteiger partial charge in [-0.25, -0.2) is 0 Å². The monoisotopic (exact) mass is 312 g/mol. The number of hydrogen-bond donors (Lipinski definition) is 4. The molecule has 0 aliphatic heterocycles. The van der Waals surface area contributed by atoms with Crippen LogP contribution < -0.4 is 0 Å². The molecule has 118 valence electrons. The van der Waals surface area contributed by atoms with Crippen molar-refractivity contribution in [2.45, 2.75) is 24.7 Å². The molecule has 0 amide bonds. The van der Waals surface area contributed by atoms with Crippen LogP contribution in [0.1, 0.15) is 35.9 Å². The second-order valence-electron chi connectivity index (χ2n) is 4.35. The van der Waals surface area contributed by atoms with E-state index in [9.17, 15) is 19.2 Å². The molecule has 4 N–H and O–H groups in total. The lowest BCUT2D eigenvalue weighted by Gasteiger charge is -2.17. The van der Waals surface area contributed by atoms with Crippen molar-refractivity contribution in [3.63, 3.8) is 0 Å². The van der Waals surface area contributed by atoms with Crippen LogP contribution in [0.3, 0.4) is 0 Å². The quantitative estimate of drug-likeness (QED) is 0.501. The summed E-state index contributed by atoms with van der Waals surface area (Å²) in [6, 6.07) is 1.13. The van der Waals surface area contributed by atoms with Crippen molar-refractivity contribution in [2.24, 2.45) is 0 Å². The molecular formula is C12H12N2O8. The number of rotatable bonds is 8. The van der Waals surface area contributed by atoms with E-state index in [4.69, 9.17) is 20.4 Å². The standard InChI is InChI=1S/C12H12N2O8/c15-8(16)3-6(11(19)20)5-1-2-13-14-10(5)7(12(21)22)4-9(17)18/h1-2,6-7H,3-4H2,(H,15,16)(H,17,18)(H,19,20)(H,21,22). The highest BCUT2D eigenvalue weighted by molar-refractivity contribution is 5.85. The molecule has 0 fully saturated rings. The van der Waals surface area contributed by atoms with E-state index in [1.165, 1.54) is 0 Å². The van der Waals surface area contributed by atoms with Crippen LogP contribution >= 0.6 is 0 Å². The van der Waals surface area contributed by atoms with Crippen LogP contribution in [0.5, 0.6) is 0 Å². The molecule has 0 saturated heterocycles. The van der Waals surface area contributed by atoms with Gasteiger partial charge in [0, 0.05) is 6.20 Å². The topological polar surface area (TPSA) is 175 Å². The Morgan fingerprint density at radius 3 is 1.86 bits per heavy atom. The number of aromatic nitrogens is 2. The molecule has 1 heterocycles. The van der Waals surface area contributed by atoms with E-state index < -0.39 is 48.6 Å². The van der Waals surface area contributed by atoms with Crippen molar-refractivity contribution >= 4 is 23.9 Å². The minimum Gasteiger partial charge on any atom is -0.481 e. The minimum atomic E-state index is -1.63. The Labute approximate surface area is 123 Å². The second-order valence-corrected chi connectivity index (χ2v) is 4.35. The van der Waals surface area contributed by atoms with Gasteiger partial charge in [-0.15, -0.1) is 0 Å². The molecule has 22 heavy (non-hydrogen) atoms. The average molecular weight is 312 g/mol. The predicted octanol–water partition coefficient (Wildman–Crippen LogP) is -0.238. The van der Waals surface area contributed by atoms with E-state index in [2.05, 4.69) is 10.2 Å². The summed E-state index contributed by atoms with van der Waals surface area (Å²) in [6.45, 7) is 0. The largest absolute Gasteiger partial charge is 0.481 e. The van der Waals surface area contributed by atoms with Gasteiger partial charge in [0.2, 0.25) is 0 Å². The first-order chi connectivity index (χ1) is 10.2. The number of carboxylic acids is 4. The maximum Gasteiger partial charge on any atom is 0.313 e. The summed E-state index contributed by atoms with van der Waals surface area (Å²) in [4.78, 5) is 44.0. The summed E-state index contributed by atoms with van der Waals surface area (Å²) >= 11 is 0. The molecule has 0 bridgehead atoms. The zero-order chi connectivity index (χ0) is 16.9. The van der Waals surface area contributed by atoms with Gasteiger partial charge in [-0.05, 0) is 11.6 Å². The Hall–Kier alpha value is -3.04. The van der Waals surface area contributed by atoms with Crippen LogP contribution in [0, 0.1) is 0 Å². The smallest absolute Gasteiger partial charge is 0.313 e. The molecule has 0 radical (unpaired) electrons. The van der Waals surface area contributed by atoms with Gasteiger partial charge in [-0.3, -0.25) is 19.2 Å². The summed E-state index contributed by atoms with van der Waals surface area (Å²) in [5, 5.41) is 42.7.